The monoisotopic (exact) mass is 503 g/mol. The van der Waals surface area contributed by atoms with E-state index in [1.165, 1.54) is 5.56 Å². The largest absolute Gasteiger partial charge is 0.361 e. The van der Waals surface area contributed by atoms with Crippen LogP contribution < -0.4 is 5.32 Å². The molecule has 2 aromatic rings. The predicted octanol–water partition coefficient (Wildman–Crippen LogP) is 3.55. The highest BCUT2D eigenvalue weighted by atomic mass is 127. The Balaban J connectivity index is 0.00000261. The van der Waals surface area contributed by atoms with Gasteiger partial charge < -0.3 is 14.7 Å². The summed E-state index contributed by atoms with van der Waals surface area (Å²) in [6.07, 6.45) is 0. The van der Waals surface area contributed by atoms with E-state index in [2.05, 4.69) is 50.9 Å². The Bertz CT molecular complexity index is 695. The van der Waals surface area contributed by atoms with E-state index in [1.807, 2.05) is 13.0 Å². The van der Waals surface area contributed by atoms with Crippen molar-refractivity contribution >= 4 is 41.3 Å². The second-order valence-corrected chi connectivity index (χ2v) is 7.62. The molecule has 0 spiro atoms. The van der Waals surface area contributed by atoms with Crippen LogP contribution in [0.15, 0.2) is 32.4 Å². The molecule has 1 atom stereocenters. The summed E-state index contributed by atoms with van der Waals surface area (Å²) < 4.78 is 5.17. The quantitative estimate of drug-likeness (QED) is 0.371. The third-order valence-electron chi connectivity index (χ3n) is 4.70. The molecule has 0 aliphatic carbocycles. The molecule has 1 aliphatic rings. The van der Waals surface area contributed by atoms with E-state index in [1.54, 1.807) is 11.3 Å². The van der Waals surface area contributed by atoms with Crippen LogP contribution in [0.3, 0.4) is 0 Å². The van der Waals surface area contributed by atoms with Crippen LogP contribution in [0, 0.1) is 6.92 Å². The molecule has 0 saturated carbocycles. The van der Waals surface area contributed by atoms with Gasteiger partial charge in [0.05, 0.1) is 5.69 Å². The first-order valence-electron chi connectivity index (χ1n) is 9.35. The van der Waals surface area contributed by atoms with Gasteiger partial charge in [0, 0.05) is 57.8 Å². The maximum Gasteiger partial charge on any atom is 0.194 e. The molecule has 1 aliphatic heterocycles. The summed E-state index contributed by atoms with van der Waals surface area (Å²) in [5.74, 6) is 2.36. The number of thiophene rings is 1. The molecule has 0 radical (unpaired) electrons. The van der Waals surface area contributed by atoms with E-state index in [0.29, 0.717) is 5.92 Å². The van der Waals surface area contributed by atoms with Crippen molar-refractivity contribution in [2.45, 2.75) is 33.2 Å². The van der Waals surface area contributed by atoms with Crippen LogP contribution in [0.2, 0.25) is 0 Å². The number of guanidine groups is 1. The van der Waals surface area contributed by atoms with Gasteiger partial charge in [-0.15, -0.1) is 24.0 Å². The summed E-state index contributed by atoms with van der Waals surface area (Å²) in [6.45, 7) is 12.9. The van der Waals surface area contributed by atoms with Crippen LogP contribution in [0.25, 0.3) is 0 Å². The summed E-state index contributed by atoms with van der Waals surface area (Å²) in [5.41, 5.74) is 2.39. The third kappa shape index (κ3) is 6.46. The fraction of sp³-hybridized carbons (Fsp3) is 0.579. The highest BCUT2D eigenvalue weighted by Crippen LogP contribution is 2.18. The van der Waals surface area contributed by atoms with Crippen molar-refractivity contribution in [3.63, 3.8) is 0 Å². The number of hydrogen-bond acceptors (Lipinski definition) is 5. The first kappa shape index (κ1) is 22.2. The number of nitrogens with zero attached hydrogens (tertiary/aromatic N) is 4. The maximum absolute atomic E-state index is 5.17. The molecule has 6 nitrogen and oxygen atoms in total. The second kappa shape index (κ2) is 11.0. The summed E-state index contributed by atoms with van der Waals surface area (Å²) in [5, 5.41) is 11.9. The van der Waals surface area contributed by atoms with Crippen LogP contribution >= 0.6 is 35.3 Å². The molecule has 27 heavy (non-hydrogen) atoms. The van der Waals surface area contributed by atoms with Gasteiger partial charge in [-0.1, -0.05) is 12.1 Å². The predicted molar refractivity (Wildman–Crippen MR) is 122 cm³/mol. The lowest BCUT2D eigenvalue weighted by Gasteiger charge is -2.36. The molecular weight excluding hydrogens is 473 g/mol. The van der Waals surface area contributed by atoms with Crippen molar-refractivity contribution in [2.75, 3.05) is 39.3 Å². The minimum atomic E-state index is 0. The van der Waals surface area contributed by atoms with Crippen molar-refractivity contribution in [3.8, 4) is 0 Å². The Hall–Kier alpha value is -1.13. The minimum absolute atomic E-state index is 0. The average Bonchev–Trinajstić information content (AvgIpc) is 3.31. The van der Waals surface area contributed by atoms with Gasteiger partial charge in [-0.05, 0) is 36.2 Å². The molecule has 150 valence electrons. The Morgan fingerprint density at radius 1 is 1.37 bits per heavy atom. The molecule has 0 bridgehead atoms. The standard InChI is InChI=1S/C19H29N5OS.HI/c1-4-20-19(21-12-15(2)17-5-10-26-14-17)24-8-6-23(7-9-24)13-18-11-16(3)25-22-18;/h5,10-11,14-15H,4,6-9,12-13H2,1-3H3,(H,20,21);1H. The van der Waals surface area contributed by atoms with E-state index in [9.17, 15) is 0 Å². The van der Waals surface area contributed by atoms with Crippen molar-refractivity contribution in [2.24, 2.45) is 4.99 Å². The summed E-state index contributed by atoms with van der Waals surface area (Å²) in [6, 6.07) is 4.21. The van der Waals surface area contributed by atoms with Crippen molar-refractivity contribution < 1.29 is 4.52 Å². The molecule has 1 fully saturated rings. The zero-order valence-corrected chi connectivity index (χ0v) is 19.5. The number of hydrogen-bond donors (Lipinski definition) is 1. The van der Waals surface area contributed by atoms with Crippen LogP contribution in [-0.4, -0.2) is 60.2 Å². The Morgan fingerprint density at radius 3 is 2.74 bits per heavy atom. The zero-order valence-electron chi connectivity index (χ0n) is 16.4. The van der Waals surface area contributed by atoms with E-state index < -0.39 is 0 Å². The molecule has 3 rings (SSSR count). The molecular formula is C19H30IN5OS. The lowest BCUT2D eigenvalue weighted by atomic mass is 10.1. The SMILES string of the molecule is CCNC(=NCC(C)c1ccsc1)N1CCN(Cc2cc(C)on2)CC1.I. The smallest absolute Gasteiger partial charge is 0.194 e. The molecule has 1 saturated heterocycles. The summed E-state index contributed by atoms with van der Waals surface area (Å²) in [7, 11) is 0. The molecule has 0 amide bonds. The van der Waals surface area contributed by atoms with Gasteiger partial charge in [0.25, 0.3) is 0 Å². The maximum atomic E-state index is 5.17. The summed E-state index contributed by atoms with van der Waals surface area (Å²) in [4.78, 5) is 9.69. The van der Waals surface area contributed by atoms with Gasteiger partial charge >= 0.3 is 0 Å². The fourth-order valence-corrected chi connectivity index (χ4v) is 3.93. The number of aryl methyl sites for hydroxylation is 1. The molecule has 1 N–H and O–H groups in total. The van der Waals surface area contributed by atoms with Crippen LogP contribution in [0.5, 0.6) is 0 Å². The van der Waals surface area contributed by atoms with Crippen molar-refractivity contribution in [3.05, 3.63) is 39.9 Å². The van der Waals surface area contributed by atoms with Gasteiger partial charge in [-0.3, -0.25) is 9.89 Å². The van der Waals surface area contributed by atoms with Crippen LogP contribution in [0.4, 0.5) is 0 Å². The molecule has 0 aromatic carbocycles. The molecule has 3 heterocycles. The Labute approximate surface area is 183 Å². The Kier molecular flexibility index (Phi) is 9.04. The van der Waals surface area contributed by atoms with Crippen LogP contribution in [-0.2, 0) is 6.54 Å². The van der Waals surface area contributed by atoms with Gasteiger partial charge in [0.15, 0.2) is 5.96 Å². The summed E-state index contributed by atoms with van der Waals surface area (Å²) >= 11 is 1.75. The fourth-order valence-electron chi connectivity index (χ4n) is 3.15. The topological polar surface area (TPSA) is 56.9 Å². The number of aliphatic imine (C=N–C) groups is 1. The zero-order chi connectivity index (χ0) is 18.4. The molecule has 2 aromatic heterocycles. The van der Waals surface area contributed by atoms with Crippen molar-refractivity contribution in [1.82, 2.24) is 20.3 Å². The second-order valence-electron chi connectivity index (χ2n) is 6.84. The highest BCUT2D eigenvalue weighted by Gasteiger charge is 2.20. The third-order valence-corrected chi connectivity index (χ3v) is 5.40. The van der Waals surface area contributed by atoms with Gasteiger partial charge in [-0.2, -0.15) is 11.3 Å². The lowest BCUT2D eigenvalue weighted by Crippen LogP contribution is -2.52. The number of nitrogens with one attached hydrogen (secondary N) is 1. The number of rotatable bonds is 6. The van der Waals surface area contributed by atoms with Crippen LogP contribution in [0.1, 0.15) is 36.8 Å². The van der Waals surface area contributed by atoms with Gasteiger partial charge in [0.2, 0.25) is 0 Å². The Morgan fingerprint density at radius 2 is 2.15 bits per heavy atom. The average molecular weight is 503 g/mol. The molecule has 1 unspecified atom stereocenters. The number of aromatic nitrogens is 1. The highest BCUT2D eigenvalue weighted by molar-refractivity contribution is 14.0. The lowest BCUT2D eigenvalue weighted by molar-refractivity contribution is 0.169. The van der Waals surface area contributed by atoms with E-state index in [-0.39, 0.29) is 24.0 Å². The molecule has 8 heteroatoms. The van der Waals surface area contributed by atoms with E-state index >= 15 is 0 Å². The van der Waals surface area contributed by atoms with E-state index in [0.717, 1.165) is 63.2 Å². The van der Waals surface area contributed by atoms with Gasteiger partial charge in [0.1, 0.15) is 5.76 Å². The minimum Gasteiger partial charge on any atom is -0.361 e. The first-order valence-corrected chi connectivity index (χ1v) is 10.3. The number of piperazine rings is 1. The number of halogens is 1. The van der Waals surface area contributed by atoms with E-state index in [4.69, 9.17) is 9.52 Å². The first-order chi connectivity index (χ1) is 12.7. The normalized spacial score (nSPS) is 16.9. The van der Waals surface area contributed by atoms with Gasteiger partial charge in [-0.25, -0.2) is 0 Å². The van der Waals surface area contributed by atoms with Crippen molar-refractivity contribution in [1.29, 1.82) is 0 Å².